The molecule has 7 heteroatoms. The number of hydroxylamine groups is 1. The smallest absolute Gasteiger partial charge is 0.313 e. The molecule has 0 aliphatic heterocycles. The SMILES string of the molecule is CCOC(=O)CC(=NNc1ccc(Cl)cc1)NO. The second kappa shape index (κ2) is 7.52. The molecule has 0 saturated carbocycles. The quantitative estimate of drug-likeness (QED) is 0.330. The molecule has 0 heterocycles. The number of carbonyl (C=O) groups excluding carboxylic acids is 1. The number of hydrogen-bond donors (Lipinski definition) is 3. The Hall–Kier alpha value is -1.79. The van der Waals surface area contributed by atoms with Crippen molar-refractivity contribution in [2.24, 2.45) is 5.10 Å². The summed E-state index contributed by atoms with van der Waals surface area (Å²) in [5.74, 6) is -0.417. The maximum absolute atomic E-state index is 11.2. The lowest BCUT2D eigenvalue weighted by molar-refractivity contribution is -0.141. The minimum atomic E-state index is -0.476. The molecule has 0 fully saturated rings. The molecule has 0 atom stereocenters. The zero-order chi connectivity index (χ0) is 13.4. The number of halogens is 1. The third-order valence-electron chi connectivity index (χ3n) is 1.91. The van der Waals surface area contributed by atoms with Crippen LogP contribution in [0, 0.1) is 0 Å². The summed E-state index contributed by atoms with van der Waals surface area (Å²) in [5, 5.41) is 13.2. The molecule has 6 nitrogen and oxygen atoms in total. The monoisotopic (exact) mass is 271 g/mol. The molecule has 1 aromatic rings. The Balaban J connectivity index is 2.56. The third-order valence-corrected chi connectivity index (χ3v) is 2.16. The molecule has 0 aromatic heterocycles. The van der Waals surface area contributed by atoms with Crippen LogP contribution in [0.3, 0.4) is 0 Å². The summed E-state index contributed by atoms with van der Waals surface area (Å²) < 4.78 is 4.73. The predicted molar refractivity (Wildman–Crippen MR) is 68.7 cm³/mol. The van der Waals surface area contributed by atoms with Gasteiger partial charge in [-0.15, -0.1) is 0 Å². The average Bonchev–Trinajstić information content (AvgIpc) is 2.36. The Bertz CT molecular complexity index is 420. The van der Waals surface area contributed by atoms with Gasteiger partial charge in [-0.3, -0.25) is 20.9 Å². The molecule has 0 aliphatic carbocycles. The third kappa shape index (κ3) is 5.03. The first kappa shape index (κ1) is 14.3. The summed E-state index contributed by atoms with van der Waals surface area (Å²) in [5.41, 5.74) is 5.18. The van der Waals surface area contributed by atoms with E-state index in [9.17, 15) is 4.79 Å². The van der Waals surface area contributed by atoms with Crippen molar-refractivity contribution in [3.8, 4) is 0 Å². The molecule has 18 heavy (non-hydrogen) atoms. The first-order valence-corrected chi connectivity index (χ1v) is 5.67. The lowest BCUT2D eigenvalue weighted by atomic mass is 10.3. The van der Waals surface area contributed by atoms with E-state index in [0.717, 1.165) is 0 Å². The normalized spacial score (nSPS) is 10.9. The van der Waals surface area contributed by atoms with E-state index in [-0.39, 0.29) is 18.9 Å². The molecule has 0 spiro atoms. The molecule has 0 radical (unpaired) electrons. The molecule has 98 valence electrons. The highest BCUT2D eigenvalue weighted by Crippen LogP contribution is 2.13. The van der Waals surface area contributed by atoms with E-state index in [2.05, 4.69) is 10.5 Å². The van der Waals surface area contributed by atoms with Gasteiger partial charge in [0, 0.05) is 5.02 Å². The summed E-state index contributed by atoms with van der Waals surface area (Å²) in [6.07, 6.45) is -0.148. The van der Waals surface area contributed by atoms with E-state index in [4.69, 9.17) is 21.5 Å². The Morgan fingerprint density at radius 2 is 2.11 bits per heavy atom. The highest BCUT2D eigenvalue weighted by Gasteiger charge is 2.07. The van der Waals surface area contributed by atoms with Gasteiger partial charge in [0.2, 0.25) is 0 Å². The molecule has 1 rings (SSSR count). The van der Waals surface area contributed by atoms with E-state index in [0.29, 0.717) is 10.7 Å². The number of nitrogens with one attached hydrogen (secondary N) is 2. The van der Waals surface area contributed by atoms with Gasteiger partial charge in [0.15, 0.2) is 5.84 Å². The van der Waals surface area contributed by atoms with Gasteiger partial charge < -0.3 is 4.74 Å². The summed E-state index contributed by atoms with van der Waals surface area (Å²) in [4.78, 5) is 11.2. The van der Waals surface area contributed by atoms with Crippen LogP contribution in [0.15, 0.2) is 29.4 Å². The first-order valence-electron chi connectivity index (χ1n) is 5.29. The van der Waals surface area contributed by atoms with E-state index >= 15 is 0 Å². The number of hydrazone groups is 1. The lowest BCUT2D eigenvalue weighted by Gasteiger charge is -2.06. The lowest BCUT2D eigenvalue weighted by Crippen LogP contribution is -2.24. The van der Waals surface area contributed by atoms with Gasteiger partial charge in [0.1, 0.15) is 6.42 Å². The Morgan fingerprint density at radius 3 is 2.67 bits per heavy atom. The molecular formula is C11H14ClN3O3. The molecule has 0 bridgehead atoms. The molecule has 0 aliphatic rings. The molecule has 0 amide bonds. The van der Waals surface area contributed by atoms with Gasteiger partial charge in [-0.25, -0.2) is 0 Å². The Kier molecular flexibility index (Phi) is 5.96. The maximum Gasteiger partial charge on any atom is 0.313 e. The summed E-state index contributed by atoms with van der Waals surface area (Å²) in [6, 6.07) is 6.81. The van der Waals surface area contributed by atoms with Crippen molar-refractivity contribution in [3.05, 3.63) is 29.3 Å². The zero-order valence-electron chi connectivity index (χ0n) is 9.81. The molecule has 0 saturated heterocycles. The topological polar surface area (TPSA) is 83.0 Å². The van der Waals surface area contributed by atoms with Crippen molar-refractivity contribution >= 4 is 29.1 Å². The standard InChI is InChI=1S/C11H14ClN3O3/c1-2-18-11(16)7-10(15-17)14-13-9-5-3-8(12)4-6-9/h3-6,13,17H,2,7H2,1H3,(H,14,15). The van der Waals surface area contributed by atoms with Gasteiger partial charge in [-0.1, -0.05) is 11.6 Å². The van der Waals surface area contributed by atoms with Crippen molar-refractivity contribution in [1.82, 2.24) is 5.48 Å². The van der Waals surface area contributed by atoms with Crippen molar-refractivity contribution in [2.45, 2.75) is 13.3 Å². The van der Waals surface area contributed by atoms with Crippen molar-refractivity contribution in [2.75, 3.05) is 12.0 Å². The molecular weight excluding hydrogens is 258 g/mol. The average molecular weight is 272 g/mol. The highest BCUT2D eigenvalue weighted by molar-refractivity contribution is 6.30. The zero-order valence-corrected chi connectivity index (χ0v) is 10.6. The maximum atomic E-state index is 11.2. The number of benzene rings is 1. The van der Waals surface area contributed by atoms with Gasteiger partial charge in [0.05, 0.1) is 12.3 Å². The number of hydrogen-bond acceptors (Lipinski definition) is 5. The van der Waals surface area contributed by atoms with Crippen LogP contribution < -0.4 is 10.9 Å². The second-order valence-corrected chi connectivity index (χ2v) is 3.71. The molecule has 3 N–H and O–H groups in total. The Labute approximate surface area is 110 Å². The van der Waals surface area contributed by atoms with Crippen LogP contribution in [0.2, 0.25) is 5.02 Å². The highest BCUT2D eigenvalue weighted by atomic mass is 35.5. The fourth-order valence-corrected chi connectivity index (χ4v) is 1.24. The van der Waals surface area contributed by atoms with Crippen molar-refractivity contribution < 1.29 is 14.7 Å². The Morgan fingerprint density at radius 1 is 1.44 bits per heavy atom. The number of esters is 1. The largest absolute Gasteiger partial charge is 0.466 e. The van der Waals surface area contributed by atoms with Crippen molar-refractivity contribution in [3.63, 3.8) is 0 Å². The molecule has 0 unspecified atom stereocenters. The van der Waals surface area contributed by atoms with Crippen molar-refractivity contribution in [1.29, 1.82) is 0 Å². The number of nitrogens with zero attached hydrogens (tertiary/aromatic N) is 1. The fraction of sp³-hybridized carbons (Fsp3) is 0.273. The minimum Gasteiger partial charge on any atom is -0.466 e. The number of carbonyl (C=O) groups is 1. The van der Waals surface area contributed by atoms with Crippen LogP contribution in [0.1, 0.15) is 13.3 Å². The van der Waals surface area contributed by atoms with E-state index in [1.54, 1.807) is 31.2 Å². The van der Waals surface area contributed by atoms with Crippen LogP contribution in [-0.2, 0) is 9.53 Å². The predicted octanol–water partition coefficient (Wildman–Crippen LogP) is 2.00. The van der Waals surface area contributed by atoms with Crippen LogP contribution in [0.5, 0.6) is 0 Å². The fourth-order valence-electron chi connectivity index (χ4n) is 1.11. The van der Waals surface area contributed by atoms with E-state index in [1.807, 2.05) is 5.48 Å². The van der Waals surface area contributed by atoms with Gasteiger partial charge >= 0.3 is 5.97 Å². The van der Waals surface area contributed by atoms with Crippen LogP contribution in [0.25, 0.3) is 0 Å². The first-order chi connectivity index (χ1) is 8.65. The van der Waals surface area contributed by atoms with Crippen LogP contribution in [0.4, 0.5) is 5.69 Å². The number of ether oxygens (including phenoxy) is 1. The van der Waals surface area contributed by atoms with Crippen LogP contribution >= 0.6 is 11.6 Å². The van der Waals surface area contributed by atoms with E-state index < -0.39 is 5.97 Å². The second-order valence-electron chi connectivity index (χ2n) is 3.27. The summed E-state index contributed by atoms with van der Waals surface area (Å²) >= 11 is 5.73. The van der Waals surface area contributed by atoms with Gasteiger partial charge in [-0.05, 0) is 31.2 Å². The van der Waals surface area contributed by atoms with Gasteiger partial charge in [-0.2, -0.15) is 5.10 Å². The van der Waals surface area contributed by atoms with Gasteiger partial charge in [0.25, 0.3) is 0 Å². The number of anilines is 1. The van der Waals surface area contributed by atoms with E-state index in [1.165, 1.54) is 0 Å². The summed E-state index contributed by atoms with van der Waals surface area (Å²) in [7, 11) is 0. The number of amidine groups is 1. The summed E-state index contributed by atoms with van der Waals surface area (Å²) in [6.45, 7) is 1.98. The molecule has 1 aromatic carbocycles. The van der Waals surface area contributed by atoms with Crippen LogP contribution in [-0.4, -0.2) is 23.6 Å². The number of rotatable bonds is 5. The minimum absolute atomic E-state index is 0.0587.